The molecule has 0 amide bonds. The molecule has 24 heavy (non-hydrogen) atoms. The van der Waals surface area contributed by atoms with Gasteiger partial charge in [0.1, 0.15) is 5.69 Å². The quantitative estimate of drug-likeness (QED) is 0.625. The van der Waals surface area contributed by atoms with E-state index in [0.29, 0.717) is 11.1 Å². The second kappa shape index (κ2) is 6.83. The molecule has 0 atom stereocenters. The first-order valence-electron chi connectivity index (χ1n) is 7.66. The van der Waals surface area contributed by atoms with E-state index in [0.717, 1.165) is 16.7 Å². The fraction of sp³-hybridized carbons (Fsp3) is 0.316. The second-order valence-corrected chi connectivity index (χ2v) is 6.03. The van der Waals surface area contributed by atoms with E-state index in [1.165, 1.54) is 17.6 Å². The molecule has 2 rings (SSSR count). The molecule has 0 N–H and O–H groups in total. The van der Waals surface area contributed by atoms with Gasteiger partial charge < -0.3 is 9.30 Å². The van der Waals surface area contributed by atoms with E-state index in [1.807, 2.05) is 32.9 Å². The zero-order valence-electron chi connectivity index (χ0n) is 14.6. The van der Waals surface area contributed by atoms with Gasteiger partial charge in [-0.05, 0) is 56.5 Å². The average Bonchev–Trinajstić information content (AvgIpc) is 2.90. The molecule has 0 radical (unpaired) electrons. The Bertz CT molecular complexity index is 830. The van der Waals surface area contributed by atoms with E-state index in [-0.39, 0.29) is 23.9 Å². The Morgan fingerprint density at radius 3 is 2.21 bits per heavy atom. The number of hydrogen-bond acceptors (Lipinski definition) is 4. The summed E-state index contributed by atoms with van der Waals surface area (Å²) in [6.07, 6.45) is 1.56. The molecule has 1 aromatic carbocycles. The molecule has 0 spiro atoms. The van der Waals surface area contributed by atoms with Gasteiger partial charge in [-0.25, -0.2) is 4.79 Å². The maximum absolute atomic E-state index is 12.3. The van der Waals surface area contributed by atoms with Gasteiger partial charge in [0.2, 0.25) is 5.78 Å². The monoisotopic (exact) mass is 327 g/mol. The van der Waals surface area contributed by atoms with Crippen LogP contribution in [0.2, 0.25) is 0 Å². The average molecular weight is 327 g/mol. The zero-order chi connectivity index (χ0) is 18.0. The Hall–Kier alpha value is -2.69. The van der Waals surface area contributed by atoms with Crippen molar-refractivity contribution in [3.63, 3.8) is 0 Å². The third-order valence-electron chi connectivity index (χ3n) is 4.10. The molecule has 0 aliphatic carbocycles. The second-order valence-electron chi connectivity index (χ2n) is 6.03. The van der Waals surface area contributed by atoms with Crippen molar-refractivity contribution in [1.29, 1.82) is 0 Å². The summed E-state index contributed by atoms with van der Waals surface area (Å²) in [5.74, 6) is -1.00. The van der Waals surface area contributed by atoms with Crippen LogP contribution >= 0.6 is 0 Å². The molecule has 1 aromatic heterocycles. The first-order valence-corrected chi connectivity index (χ1v) is 7.66. The summed E-state index contributed by atoms with van der Waals surface area (Å²) >= 11 is 0. The van der Waals surface area contributed by atoms with Crippen molar-refractivity contribution in [3.05, 3.63) is 57.9 Å². The molecule has 0 saturated heterocycles. The van der Waals surface area contributed by atoms with Gasteiger partial charge >= 0.3 is 5.97 Å². The lowest BCUT2D eigenvalue weighted by Gasteiger charge is -2.10. The van der Waals surface area contributed by atoms with Crippen molar-refractivity contribution in [2.24, 2.45) is 7.05 Å². The highest BCUT2D eigenvalue weighted by Crippen LogP contribution is 2.16. The van der Waals surface area contributed by atoms with E-state index in [1.54, 1.807) is 13.2 Å². The van der Waals surface area contributed by atoms with E-state index in [9.17, 15) is 14.4 Å². The number of carbonyl (C=O) groups excluding carboxylic acids is 3. The van der Waals surface area contributed by atoms with Crippen LogP contribution in [0.1, 0.15) is 54.8 Å². The Morgan fingerprint density at radius 1 is 1.00 bits per heavy atom. The summed E-state index contributed by atoms with van der Waals surface area (Å²) in [4.78, 5) is 35.8. The summed E-state index contributed by atoms with van der Waals surface area (Å²) in [6.45, 7) is 6.88. The zero-order valence-corrected chi connectivity index (χ0v) is 14.6. The molecule has 126 valence electrons. The predicted molar refractivity (Wildman–Crippen MR) is 90.7 cm³/mol. The summed E-state index contributed by atoms with van der Waals surface area (Å²) < 4.78 is 6.64. The highest BCUT2D eigenvalue weighted by atomic mass is 16.5. The molecule has 0 aliphatic heterocycles. The molecule has 0 saturated carbocycles. The van der Waals surface area contributed by atoms with Gasteiger partial charge in [-0.2, -0.15) is 0 Å². The minimum absolute atomic E-state index is 0.133. The van der Waals surface area contributed by atoms with E-state index < -0.39 is 5.97 Å². The Kier molecular flexibility index (Phi) is 5.02. The van der Waals surface area contributed by atoms with Gasteiger partial charge in [0, 0.05) is 24.4 Å². The molecule has 0 bridgehead atoms. The van der Waals surface area contributed by atoms with Crippen LogP contribution < -0.4 is 0 Å². The van der Waals surface area contributed by atoms with Gasteiger partial charge in [0.25, 0.3) is 0 Å². The number of ketones is 2. The van der Waals surface area contributed by atoms with Gasteiger partial charge in [-0.15, -0.1) is 0 Å². The molecule has 0 fully saturated rings. The van der Waals surface area contributed by atoms with E-state index >= 15 is 0 Å². The lowest BCUT2D eigenvalue weighted by Crippen LogP contribution is -2.17. The van der Waals surface area contributed by atoms with Crippen LogP contribution in [-0.2, 0) is 11.8 Å². The van der Waals surface area contributed by atoms with E-state index in [4.69, 9.17) is 4.74 Å². The number of Topliss-reactive ketones (excluding diaryl/α,β-unsaturated/α-hetero) is 2. The van der Waals surface area contributed by atoms with Crippen LogP contribution in [0.15, 0.2) is 24.4 Å². The summed E-state index contributed by atoms with van der Waals surface area (Å²) in [7, 11) is 1.65. The number of rotatable bonds is 5. The van der Waals surface area contributed by atoms with Crippen molar-refractivity contribution >= 4 is 17.5 Å². The maximum Gasteiger partial charge on any atom is 0.355 e. The molecular weight excluding hydrogens is 306 g/mol. The van der Waals surface area contributed by atoms with Gasteiger partial charge in [-0.1, -0.05) is 6.07 Å². The summed E-state index contributed by atoms with van der Waals surface area (Å²) in [6, 6.07) is 5.23. The van der Waals surface area contributed by atoms with E-state index in [2.05, 4.69) is 0 Å². The van der Waals surface area contributed by atoms with Crippen molar-refractivity contribution in [3.8, 4) is 0 Å². The van der Waals surface area contributed by atoms with Crippen LogP contribution in [0.5, 0.6) is 0 Å². The molecule has 5 nitrogen and oxygen atoms in total. The van der Waals surface area contributed by atoms with Crippen molar-refractivity contribution in [2.45, 2.75) is 27.7 Å². The normalized spacial score (nSPS) is 10.5. The van der Waals surface area contributed by atoms with Crippen LogP contribution in [-0.4, -0.2) is 28.7 Å². The molecule has 2 aromatic rings. The molecule has 0 aliphatic rings. The number of ether oxygens (including phenoxy) is 1. The Balaban J connectivity index is 2.10. The van der Waals surface area contributed by atoms with Crippen LogP contribution in [0.25, 0.3) is 0 Å². The van der Waals surface area contributed by atoms with Gasteiger partial charge in [0.15, 0.2) is 12.4 Å². The third kappa shape index (κ3) is 3.62. The fourth-order valence-electron chi connectivity index (χ4n) is 2.50. The first kappa shape index (κ1) is 17.7. The summed E-state index contributed by atoms with van der Waals surface area (Å²) in [5.41, 5.74) is 4.22. The van der Waals surface area contributed by atoms with Crippen molar-refractivity contribution in [1.82, 2.24) is 4.57 Å². The van der Waals surface area contributed by atoms with Gasteiger partial charge in [0.05, 0.1) is 0 Å². The number of benzene rings is 1. The number of esters is 1. The topological polar surface area (TPSA) is 65.4 Å². The maximum atomic E-state index is 12.3. The number of nitrogens with zero attached hydrogens (tertiary/aromatic N) is 1. The standard InChI is InChI=1S/C19H21NO4/c1-11-6-13(3)16(7-12(11)2)18(22)10-24-19(23)17-8-15(14(4)21)9-20(17)5/h6-9H,10H2,1-5H3. The van der Waals surface area contributed by atoms with Crippen LogP contribution in [0, 0.1) is 20.8 Å². The fourth-order valence-corrected chi connectivity index (χ4v) is 2.50. The Labute approximate surface area is 141 Å². The molecular formula is C19H21NO4. The lowest BCUT2D eigenvalue weighted by molar-refractivity contribution is 0.0465. The smallest absolute Gasteiger partial charge is 0.355 e. The molecule has 5 heteroatoms. The SMILES string of the molecule is CC(=O)c1cc(C(=O)OCC(=O)c2cc(C)c(C)cc2C)n(C)c1. The number of hydrogen-bond donors (Lipinski definition) is 0. The highest BCUT2D eigenvalue weighted by molar-refractivity contribution is 6.01. The molecule has 1 heterocycles. The number of aromatic nitrogens is 1. The summed E-state index contributed by atoms with van der Waals surface area (Å²) in [5, 5.41) is 0. The number of carbonyl (C=O) groups is 3. The predicted octanol–water partition coefficient (Wildman–Crippen LogP) is 3.19. The first-order chi connectivity index (χ1) is 11.2. The van der Waals surface area contributed by atoms with Crippen LogP contribution in [0.4, 0.5) is 0 Å². The largest absolute Gasteiger partial charge is 0.453 e. The Morgan fingerprint density at radius 2 is 1.62 bits per heavy atom. The minimum Gasteiger partial charge on any atom is -0.453 e. The third-order valence-corrected chi connectivity index (χ3v) is 4.10. The van der Waals surface area contributed by atoms with Crippen molar-refractivity contribution < 1.29 is 19.1 Å². The lowest BCUT2D eigenvalue weighted by atomic mass is 9.98. The van der Waals surface area contributed by atoms with Crippen LogP contribution in [0.3, 0.4) is 0 Å². The van der Waals surface area contributed by atoms with Crippen molar-refractivity contribution in [2.75, 3.05) is 6.61 Å². The highest BCUT2D eigenvalue weighted by Gasteiger charge is 2.18. The molecule has 0 unspecified atom stereocenters. The minimum atomic E-state index is -0.625. The van der Waals surface area contributed by atoms with Gasteiger partial charge in [-0.3, -0.25) is 9.59 Å². The number of aryl methyl sites for hydroxylation is 4.